The Morgan fingerprint density at radius 2 is 0.435 bits per heavy atom. The van der Waals surface area contributed by atoms with Crippen LogP contribution in [0.15, 0.2) is 388 Å². The first-order chi connectivity index (χ1) is 53.0. The largest absolute Gasteiger partial charge is 0.310 e. The zero-order chi connectivity index (χ0) is 73.7. The van der Waals surface area contributed by atoms with Crippen molar-refractivity contribution in [3.05, 3.63) is 488 Å². The maximum absolute atomic E-state index is 2.42. The van der Waals surface area contributed by atoms with Gasteiger partial charge < -0.3 is 9.80 Å². The number of rotatable bonds is 18. The van der Waals surface area contributed by atoms with E-state index in [2.05, 4.69) is 464 Å². The lowest BCUT2D eigenvalue weighted by Crippen LogP contribution is -2.12. The smallest absolute Gasteiger partial charge is 0.0540 e. The topological polar surface area (TPSA) is 6.48 Å². The van der Waals surface area contributed by atoms with Gasteiger partial charge in [-0.15, -0.1) is 0 Å². The quantitative estimate of drug-likeness (QED) is 0.0790. The minimum atomic E-state index is 1.11. The Morgan fingerprint density at radius 3 is 0.722 bits per heavy atom. The maximum atomic E-state index is 2.42. The number of nitrogens with zero attached hydrogens (tertiary/aromatic N) is 2. The summed E-state index contributed by atoms with van der Waals surface area (Å²) in [7, 11) is 0. The molecule has 2 heteroatoms. The SMILES string of the molecule is Cc1ccc(C(=Cc2ccc(N(c3ccc(C=C(c4ccccc4)c4ccccc4)cc3)c3ccc(C)cc3C)c3ccccc23)c2ccc(C)cc2)cc1.Cc1ccc(N(c2ccc(C=C(c3ccccc3)c3ccccc3)cc2)c2ccc(C=C(c3ccccc3)c3ccccc3)c3ccccc23)c(C)c1. The summed E-state index contributed by atoms with van der Waals surface area (Å²) < 4.78 is 0. The van der Waals surface area contributed by atoms with Crippen molar-refractivity contribution in [2.45, 2.75) is 41.5 Å². The fraction of sp³-hybridized carbons (Fsp3) is 0.0566. The Labute approximate surface area is 637 Å². The molecule has 520 valence electrons. The predicted molar refractivity (Wildman–Crippen MR) is 465 cm³/mol. The molecule has 16 rings (SSSR count). The van der Waals surface area contributed by atoms with Crippen LogP contribution in [0.5, 0.6) is 0 Å². The second kappa shape index (κ2) is 32.7. The van der Waals surface area contributed by atoms with E-state index in [4.69, 9.17) is 0 Å². The number of anilines is 6. The summed E-state index contributed by atoms with van der Waals surface area (Å²) in [5, 5.41) is 4.81. The highest BCUT2D eigenvalue weighted by molar-refractivity contribution is 6.08. The summed E-state index contributed by atoms with van der Waals surface area (Å²) in [6.45, 7) is 13.0. The van der Waals surface area contributed by atoms with Gasteiger partial charge in [-0.3, -0.25) is 0 Å². The standard InChI is InChI=1S/C54H45N.C52H41N/c1-38-19-26-45(27-20-38)52(46-28-21-39(2)22-29-46)37-47-30-34-54(50-18-12-11-17-49(47)50)55(53-33-23-40(3)35-41(53)4)48-31-24-42(25-32-48)36-51(43-13-7-5-8-14-43)44-15-9-6-10-16-44;1-38-27-33-51(39(2)35-38)53(46-31-28-40(29-32-46)36-49(41-17-7-3-8-18-41)42-19-9-4-10-20-42)52-34-30-45(47-25-15-16-26-48(47)52)37-50(43-21-11-5-12-22-43)44-23-13-6-14-24-44/h5-37H,1-4H3;3-37H,1-2H3. The van der Waals surface area contributed by atoms with E-state index in [0.29, 0.717) is 0 Å². The Hall–Kier alpha value is -13.4. The zero-order valence-electron chi connectivity index (χ0n) is 62.2. The fourth-order valence-corrected chi connectivity index (χ4v) is 14.8. The van der Waals surface area contributed by atoms with Gasteiger partial charge in [0, 0.05) is 33.5 Å². The van der Waals surface area contributed by atoms with E-state index in [0.717, 1.165) is 45.3 Å². The number of hydrogen-bond donors (Lipinski definition) is 0. The molecular formula is C106H86N2. The van der Waals surface area contributed by atoms with Crippen LogP contribution >= 0.6 is 0 Å². The van der Waals surface area contributed by atoms with Crippen molar-refractivity contribution < 1.29 is 0 Å². The van der Waals surface area contributed by atoms with E-state index in [1.165, 1.54) is 133 Å². The lowest BCUT2D eigenvalue weighted by molar-refractivity contribution is 1.25. The number of aryl methyl sites for hydroxylation is 6. The van der Waals surface area contributed by atoms with Crippen LogP contribution in [0.2, 0.25) is 0 Å². The van der Waals surface area contributed by atoms with Crippen molar-refractivity contribution in [3.8, 4) is 0 Å². The van der Waals surface area contributed by atoms with Crippen LogP contribution in [0.1, 0.15) is 100 Å². The van der Waals surface area contributed by atoms with E-state index in [-0.39, 0.29) is 0 Å². The first-order valence-corrected chi connectivity index (χ1v) is 37.4. The van der Waals surface area contributed by atoms with Crippen molar-refractivity contribution in [1.82, 2.24) is 0 Å². The van der Waals surface area contributed by atoms with Gasteiger partial charge in [-0.25, -0.2) is 0 Å². The van der Waals surface area contributed by atoms with Gasteiger partial charge in [-0.1, -0.05) is 362 Å². The van der Waals surface area contributed by atoms with Crippen molar-refractivity contribution in [1.29, 1.82) is 0 Å². The molecule has 16 aromatic rings. The molecule has 0 amide bonds. The van der Waals surface area contributed by atoms with Crippen molar-refractivity contribution in [2.75, 3.05) is 9.80 Å². The van der Waals surface area contributed by atoms with Crippen molar-refractivity contribution in [2.24, 2.45) is 0 Å². The Bertz CT molecular complexity index is 5730. The van der Waals surface area contributed by atoms with Gasteiger partial charge in [0.05, 0.1) is 11.4 Å². The van der Waals surface area contributed by atoms with Gasteiger partial charge in [0.2, 0.25) is 0 Å². The molecule has 0 fully saturated rings. The Balaban J connectivity index is 0.000000172. The summed E-state index contributed by atoms with van der Waals surface area (Å²) in [4.78, 5) is 4.84. The van der Waals surface area contributed by atoms with Gasteiger partial charge in [0.15, 0.2) is 0 Å². The molecule has 0 aromatic heterocycles. The van der Waals surface area contributed by atoms with Gasteiger partial charge >= 0.3 is 0 Å². The van der Waals surface area contributed by atoms with E-state index < -0.39 is 0 Å². The second-order valence-electron chi connectivity index (χ2n) is 28.0. The summed E-state index contributed by atoms with van der Waals surface area (Å²) in [6.07, 6.45) is 9.30. The van der Waals surface area contributed by atoms with Crippen molar-refractivity contribution in [3.63, 3.8) is 0 Å². The Morgan fingerprint density at radius 1 is 0.194 bits per heavy atom. The lowest BCUT2D eigenvalue weighted by atomic mass is 9.92. The van der Waals surface area contributed by atoms with Crippen LogP contribution in [0.4, 0.5) is 34.1 Å². The first kappa shape index (κ1) is 70.3. The van der Waals surface area contributed by atoms with E-state index in [1.807, 2.05) is 0 Å². The third kappa shape index (κ3) is 16.0. The van der Waals surface area contributed by atoms with Crippen LogP contribution in [0, 0.1) is 41.5 Å². The highest BCUT2D eigenvalue weighted by Gasteiger charge is 2.22. The maximum Gasteiger partial charge on any atom is 0.0540 e. The Kier molecular flexibility index (Phi) is 21.3. The molecule has 0 aliphatic rings. The van der Waals surface area contributed by atoms with Crippen LogP contribution < -0.4 is 9.80 Å². The highest BCUT2D eigenvalue weighted by atomic mass is 15.2. The molecule has 0 radical (unpaired) electrons. The molecule has 0 bridgehead atoms. The summed E-state index contributed by atoms with van der Waals surface area (Å²) in [6, 6.07) is 140. The van der Waals surface area contributed by atoms with Gasteiger partial charge in [0.25, 0.3) is 0 Å². The molecule has 0 atom stereocenters. The number of benzene rings is 16. The van der Waals surface area contributed by atoms with Crippen LogP contribution in [-0.2, 0) is 0 Å². The fourth-order valence-electron chi connectivity index (χ4n) is 14.8. The number of hydrogen-bond acceptors (Lipinski definition) is 2. The van der Waals surface area contributed by atoms with E-state index in [9.17, 15) is 0 Å². The van der Waals surface area contributed by atoms with Crippen LogP contribution in [0.25, 0.3) is 68.1 Å². The average molecular weight is 1390 g/mol. The van der Waals surface area contributed by atoms with Gasteiger partial charge in [0.1, 0.15) is 0 Å². The third-order valence-electron chi connectivity index (χ3n) is 20.3. The monoisotopic (exact) mass is 1390 g/mol. The van der Waals surface area contributed by atoms with Crippen LogP contribution in [0.3, 0.4) is 0 Å². The summed E-state index contributed by atoms with van der Waals surface area (Å²) >= 11 is 0. The molecule has 0 aliphatic carbocycles. The molecule has 108 heavy (non-hydrogen) atoms. The molecule has 0 saturated carbocycles. The minimum Gasteiger partial charge on any atom is -0.310 e. The molecule has 0 heterocycles. The normalized spacial score (nSPS) is 10.9. The van der Waals surface area contributed by atoms with Gasteiger partial charge in [-0.05, 0) is 225 Å². The molecule has 0 aliphatic heterocycles. The van der Waals surface area contributed by atoms with Crippen molar-refractivity contribution >= 4 is 102 Å². The summed E-state index contributed by atoms with van der Waals surface area (Å²) in [5.74, 6) is 0. The molecule has 0 spiro atoms. The molecule has 0 N–H and O–H groups in total. The highest BCUT2D eigenvalue weighted by Crippen LogP contribution is 2.45. The second-order valence-corrected chi connectivity index (χ2v) is 28.0. The van der Waals surface area contributed by atoms with Gasteiger partial charge in [-0.2, -0.15) is 0 Å². The summed E-state index contributed by atoms with van der Waals surface area (Å²) in [5.41, 5.74) is 33.4. The average Bonchev–Trinajstić information content (AvgIpc) is 0.765. The van der Waals surface area contributed by atoms with E-state index in [1.54, 1.807) is 0 Å². The minimum absolute atomic E-state index is 1.11. The molecule has 16 aromatic carbocycles. The molecule has 0 saturated heterocycles. The van der Waals surface area contributed by atoms with E-state index >= 15 is 0 Å². The molecule has 2 nitrogen and oxygen atoms in total. The molecule has 0 unspecified atom stereocenters. The number of fused-ring (bicyclic) bond motifs is 2. The lowest BCUT2D eigenvalue weighted by Gasteiger charge is -2.29. The predicted octanol–water partition coefficient (Wildman–Crippen LogP) is 28.8. The van der Waals surface area contributed by atoms with Crippen LogP contribution in [-0.4, -0.2) is 0 Å². The first-order valence-electron chi connectivity index (χ1n) is 37.4. The zero-order valence-corrected chi connectivity index (χ0v) is 62.2. The molecular weight excluding hydrogens is 1300 g/mol. The third-order valence-corrected chi connectivity index (χ3v) is 20.3.